The molecule has 0 fully saturated rings. The van der Waals surface area contributed by atoms with Gasteiger partial charge in [-0.3, -0.25) is 9.79 Å². The molecule has 0 aliphatic heterocycles. The minimum absolute atomic E-state index is 0.182. The van der Waals surface area contributed by atoms with Gasteiger partial charge in [-0.15, -0.1) is 0 Å². The number of nitrogens with zero attached hydrogens (tertiary/aromatic N) is 1. The van der Waals surface area contributed by atoms with Crippen LogP contribution in [0.5, 0.6) is 0 Å². The first-order chi connectivity index (χ1) is 5.24. The second kappa shape index (κ2) is 5.65. The van der Waals surface area contributed by atoms with E-state index in [1.165, 1.54) is 6.20 Å². The van der Waals surface area contributed by atoms with Gasteiger partial charge in [0.15, 0.2) is 0 Å². The van der Waals surface area contributed by atoms with Gasteiger partial charge in [0, 0.05) is 26.1 Å². The Hall–Kier alpha value is -1.12. The van der Waals surface area contributed by atoms with Crippen LogP contribution in [0.4, 0.5) is 0 Å². The molecule has 0 bridgehead atoms. The maximum Gasteiger partial charge on any atom is 0.137 e. The normalized spacial score (nSPS) is 12.4. The lowest BCUT2D eigenvalue weighted by Crippen LogP contribution is -2.00. The van der Waals surface area contributed by atoms with Crippen molar-refractivity contribution in [3.05, 3.63) is 11.8 Å². The highest BCUT2D eigenvalue weighted by atomic mass is 16.1. The minimum atomic E-state index is 0.182. The SMILES string of the molecule is CCC(=O)CC(C=NC)=CN. The summed E-state index contributed by atoms with van der Waals surface area (Å²) in [5, 5.41) is 0. The second-order valence-electron chi connectivity index (χ2n) is 2.20. The molecule has 0 spiro atoms. The monoisotopic (exact) mass is 154 g/mol. The Kier molecular flexibility index (Phi) is 5.07. The summed E-state index contributed by atoms with van der Waals surface area (Å²) in [6.07, 6.45) is 3.97. The van der Waals surface area contributed by atoms with E-state index in [9.17, 15) is 4.79 Å². The first kappa shape index (κ1) is 9.88. The van der Waals surface area contributed by atoms with Crippen molar-refractivity contribution in [2.45, 2.75) is 19.8 Å². The molecular formula is C8H14N2O. The van der Waals surface area contributed by atoms with Gasteiger partial charge in [0.05, 0.1) is 0 Å². The predicted molar refractivity (Wildman–Crippen MR) is 46.6 cm³/mol. The summed E-state index contributed by atoms with van der Waals surface area (Å²) >= 11 is 0. The molecule has 0 radical (unpaired) electrons. The molecule has 0 heterocycles. The highest BCUT2D eigenvalue weighted by molar-refractivity contribution is 5.90. The highest BCUT2D eigenvalue weighted by Crippen LogP contribution is 1.99. The van der Waals surface area contributed by atoms with Crippen molar-refractivity contribution in [3.8, 4) is 0 Å². The smallest absolute Gasteiger partial charge is 0.137 e. The highest BCUT2D eigenvalue weighted by Gasteiger charge is 1.99. The molecule has 0 saturated heterocycles. The molecule has 0 aromatic rings. The number of hydrogen-bond donors (Lipinski definition) is 1. The van der Waals surface area contributed by atoms with Crippen molar-refractivity contribution in [2.24, 2.45) is 10.7 Å². The van der Waals surface area contributed by atoms with Crippen LogP contribution in [0, 0.1) is 0 Å². The van der Waals surface area contributed by atoms with Gasteiger partial charge < -0.3 is 5.73 Å². The standard InChI is InChI=1S/C8H14N2O/c1-3-8(11)4-7(5-9)6-10-2/h5-6H,3-4,9H2,1-2H3. The molecule has 2 N–H and O–H groups in total. The number of nitrogens with two attached hydrogens (primary N) is 1. The van der Waals surface area contributed by atoms with Crippen LogP contribution in [0.2, 0.25) is 0 Å². The molecule has 0 aliphatic carbocycles. The van der Waals surface area contributed by atoms with Crippen LogP contribution in [0.3, 0.4) is 0 Å². The van der Waals surface area contributed by atoms with Gasteiger partial charge >= 0.3 is 0 Å². The summed E-state index contributed by atoms with van der Waals surface area (Å²) in [6.45, 7) is 1.83. The lowest BCUT2D eigenvalue weighted by atomic mass is 10.1. The maximum atomic E-state index is 10.9. The molecule has 0 aromatic heterocycles. The Morgan fingerprint density at radius 1 is 1.64 bits per heavy atom. The number of allylic oxidation sites excluding steroid dienone is 1. The lowest BCUT2D eigenvalue weighted by Gasteiger charge is -1.96. The molecule has 3 heteroatoms. The average Bonchev–Trinajstić information content (AvgIpc) is 2.03. The van der Waals surface area contributed by atoms with Crippen molar-refractivity contribution >= 4 is 12.0 Å². The van der Waals surface area contributed by atoms with Crippen LogP contribution in [-0.2, 0) is 4.79 Å². The molecule has 0 saturated carbocycles. The second-order valence-corrected chi connectivity index (χ2v) is 2.20. The van der Waals surface area contributed by atoms with Gasteiger partial charge in [0.25, 0.3) is 0 Å². The van der Waals surface area contributed by atoms with Gasteiger partial charge in [-0.25, -0.2) is 0 Å². The molecule has 0 aliphatic rings. The Balaban J connectivity index is 4.00. The number of ketones is 1. The molecule has 62 valence electrons. The number of Topliss-reactive ketones (excluding diaryl/α,β-unsaturated/α-hetero) is 1. The first-order valence-corrected chi connectivity index (χ1v) is 3.59. The third kappa shape index (κ3) is 4.31. The molecule has 0 aromatic carbocycles. The van der Waals surface area contributed by atoms with Crippen molar-refractivity contribution in [2.75, 3.05) is 7.05 Å². The van der Waals surface area contributed by atoms with Gasteiger partial charge in [0.2, 0.25) is 0 Å². The molecule has 0 amide bonds. The molecular weight excluding hydrogens is 140 g/mol. The van der Waals surface area contributed by atoms with Crippen LogP contribution in [-0.4, -0.2) is 19.0 Å². The zero-order valence-electron chi connectivity index (χ0n) is 7.00. The van der Waals surface area contributed by atoms with Crippen LogP contribution >= 0.6 is 0 Å². The fraction of sp³-hybridized carbons (Fsp3) is 0.500. The third-order valence-electron chi connectivity index (χ3n) is 1.30. The number of carbonyl (C=O) groups is 1. The van der Waals surface area contributed by atoms with E-state index in [2.05, 4.69) is 4.99 Å². The van der Waals surface area contributed by atoms with Gasteiger partial charge in [-0.05, 0) is 11.8 Å². The molecule has 0 rings (SSSR count). The van der Waals surface area contributed by atoms with Crippen LogP contribution in [0.15, 0.2) is 16.8 Å². The lowest BCUT2D eigenvalue weighted by molar-refractivity contribution is -0.118. The quantitative estimate of drug-likeness (QED) is 0.611. The van der Waals surface area contributed by atoms with E-state index in [1.54, 1.807) is 13.3 Å². The van der Waals surface area contributed by atoms with E-state index in [0.717, 1.165) is 5.57 Å². The summed E-state index contributed by atoms with van der Waals surface area (Å²) in [5.74, 6) is 0.182. The van der Waals surface area contributed by atoms with Gasteiger partial charge in [0.1, 0.15) is 5.78 Å². The fourth-order valence-corrected chi connectivity index (χ4v) is 0.666. The largest absolute Gasteiger partial charge is 0.404 e. The zero-order valence-corrected chi connectivity index (χ0v) is 7.00. The molecule has 11 heavy (non-hydrogen) atoms. The summed E-state index contributed by atoms with van der Waals surface area (Å²) in [5.41, 5.74) is 6.03. The van der Waals surface area contributed by atoms with Crippen molar-refractivity contribution in [3.63, 3.8) is 0 Å². The van der Waals surface area contributed by atoms with Crippen LogP contribution in [0.1, 0.15) is 19.8 Å². The topological polar surface area (TPSA) is 55.5 Å². The number of rotatable bonds is 4. The Morgan fingerprint density at radius 3 is 2.64 bits per heavy atom. The van der Waals surface area contributed by atoms with Crippen LogP contribution in [0.25, 0.3) is 0 Å². The first-order valence-electron chi connectivity index (χ1n) is 3.59. The van der Waals surface area contributed by atoms with Crippen molar-refractivity contribution in [1.29, 1.82) is 0 Å². The summed E-state index contributed by atoms with van der Waals surface area (Å²) in [4.78, 5) is 14.7. The summed E-state index contributed by atoms with van der Waals surface area (Å²) in [7, 11) is 1.65. The average molecular weight is 154 g/mol. The van der Waals surface area contributed by atoms with E-state index in [-0.39, 0.29) is 5.78 Å². The fourth-order valence-electron chi connectivity index (χ4n) is 0.666. The number of aliphatic imine (C=N–C) groups is 1. The maximum absolute atomic E-state index is 10.9. The number of carbonyl (C=O) groups excluding carboxylic acids is 1. The molecule has 3 nitrogen and oxygen atoms in total. The van der Waals surface area contributed by atoms with E-state index in [0.29, 0.717) is 12.8 Å². The number of hydrogen-bond acceptors (Lipinski definition) is 3. The van der Waals surface area contributed by atoms with E-state index in [4.69, 9.17) is 5.73 Å². The third-order valence-corrected chi connectivity index (χ3v) is 1.30. The molecule has 0 atom stereocenters. The van der Waals surface area contributed by atoms with Crippen LogP contribution < -0.4 is 5.73 Å². The van der Waals surface area contributed by atoms with E-state index < -0.39 is 0 Å². The van der Waals surface area contributed by atoms with E-state index >= 15 is 0 Å². The zero-order chi connectivity index (χ0) is 8.69. The Bertz CT molecular complexity index is 183. The van der Waals surface area contributed by atoms with Gasteiger partial charge in [-0.2, -0.15) is 0 Å². The Labute approximate surface area is 67.0 Å². The molecule has 0 unspecified atom stereocenters. The summed E-state index contributed by atoms with van der Waals surface area (Å²) < 4.78 is 0. The summed E-state index contributed by atoms with van der Waals surface area (Å²) in [6, 6.07) is 0. The Morgan fingerprint density at radius 2 is 2.27 bits per heavy atom. The van der Waals surface area contributed by atoms with Crippen molar-refractivity contribution < 1.29 is 4.79 Å². The minimum Gasteiger partial charge on any atom is -0.404 e. The van der Waals surface area contributed by atoms with E-state index in [1.807, 2.05) is 6.92 Å². The van der Waals surface area contributed by atoms with Crippen molar-refractivity contribution in [1.82, 2.24) is 0 Å². The van der Waals surface area contributed by atoms with Gasteiger partial charge in [-0.1, -0.05) is 6.92 Å². The predicted octanol–water partition coefficient (Wildman–Crippen LogP) is 0.899.